The Bertz CT molecular complexity index is 1680. The van der Waals surface area contributed by atoms with Crippen LogP contribution in [0.25, 0.3) is 0 Å². The minimum absolute atomic E-state index is 0.0568. The number of rotatable bonds is 67. The van der Waals surface area contributed by atoms with E-state index in [1.54, 1.807) is 0 Å². The molecule has 0 fully saturated rings. The molecule has 0 saturated heterocycles. The Labute approximate surface area is 629 Å². The summed E-state index contributed by atoms with van der Waals surface area (Å²) >= 11 is 0. The quantitative estimate of drug-likeness (QED) is 0.00840. The molecule has 0 radical (unpaired) electrons. The lowest BCUT2D eigenvalue weighted by Gasteiger charge is -2.09. The van der Waals surface area contributed by atoms with Crippen molar-refractivity contribution in [1.82, 2.24) is 0 Å². The molecule has 0 spiro atoms. The molecule has 0 amide bonds. The van der Waals surface area contributed by atoms with E-state index >= 15 is 0 Å². The molecule has 4 N–H and O–H groups in total. The Morgan fingerprint density at radius 1 is 0.274 bits per heavy atom. The third-order valence-corrected chi connectivity index (χ3v) is 8.15. The minimum Gasteiger partial charge on any atom is -0.486 e. The molecule has 0 rings (SSSR count). The second kappa shape index (κ2) is 144. The molecule has 35 nitrogen and oxygen atoms in total. The molecule has 0 aliphatic heterocycles. The summed E-state index contributed by atoms with van der Waals surface area (Å²) in [6, 6.07) is 0. The predicted molar refractivity (Wildman–Crippen MR) is 399 cm³/mol. The fraction of sp³-hybridized carbons (Fsp3) is 0.479. The lowest BCUT2D eigenvalue weighted by atomic mass is 10.3. The number of hydrogen-bond acceptors (Lipinski definition) is 34. The van der Waals surface area contributed by atoms with Gasteiger partial charge in [0.25, 0.3) is 0 Å². The van der Waals surface area contributed by atoms with Crippen LogP contribution in [-0.2, 0) is 150 Å². The molecule has 0 unspecified atom stereocenters. The number of esters is 2. The maximum Gasteiger partial charge on any atom is 0.345 e. The number of hydrogen-bond donors (Lipinski definition) is 4. The predicted octanol–water partition coefficient (Wildman–Crippen LogP) is 8.73. The molecule has 0 aromatic heterocycles. The van der Waals surface area contributed by atoms with E-state index in [-0.39, 0.29) is 39.6 Å². The highest BCUT2D eigenvalue weighted by Gasteiger charge is 2.09. The number of carbonyl (C=O) groups is 3. The fourth-order valence-corrected chi connectivity index (χ4v) is 4.34. The van der Waals surface area contributed by atoms with Gasteiger partial charge in [0.05, 0.1) is 178 Å². The Morgan fingerprint density at radius 2 is 0.509 bits per heavy atom. The first kappa shape index (κ1) is 128. The van der Waals surface area contributed by atoms with Gasteiger partial charge in [-0.05, 0) is 44.5 Å². The number of carbonyl (C=O) groups excluding carboxylic acids is 2. The first-order chi connectivity index (χ1) is 52.0. The lowest BCUT2D eigenvalue weighted by Crippen LogP contribution is -2.19. The highest BCUT2D eigenvalue weighted by Crippen LogP contribution is 1.99. The average Bonchev–Trinajstić information content (AvgIpc) is 1.08. The Morgan fingerprint density at radius 3 is 0.764 bits per heavy atom. The van der Waals surface area contributed by atoms with Crippen molar-refractivity contribution >= 4 is 17.9 Å². The normalized spacial score (nSPS) is 9.35. The van der Waals surface area contributed by atoms with Crippen molar-refractivity contribution < 1.29 is 170 Å². The van der Waals surface area contributed by atoms with Crippen LogP contribution in [0, 0.1) is 0 Å². The van der Waals surface area contributed by atoms with Gasteiger partial charge in [-0.25, -0.2) is 19.3 Å². The van der Waals surface area contributed by atoms with Crippen molar-refractivity contribution in [3.8, 4) is 0 Å². The second-order valence-corrected chi connectivity index (χ2v) is 14.7. The van der Waals surface area contributed by atoms with E-state index in [9.17, 15) is 14.4 Å². The standard InChI is InChI=1S/C28H56O17.C18H24O17.C5H8O.10C2H4/c29-27(30)25-44-23-21-42-19-17-40-15-13-38-11-9-36-7-5-34-3-1-33-2-4-35-6-8-37-10-12-39-14-16-41-18-20-43-22-24-45-26-28(31)32;1-5-15(6-2)25-17(19)13-21-9-11-23-27-29-31-33-35-34-32-30-28-24-12-10-22-14-18(20)26-16(7-3)8-4;1-3-5(6)4-2;10*1-2/h27,29-30H,1-26H2,(H,31,32);5-9,11,15-16H,1-4,10,12-14H2;3-6H,1-2H2;10*1-2H2/b;11-9+;;;;;;;;;;;. The average molecular weight is 1540 g/mol. The molecule has 0 bridgehead atoms. The summed E-state index contributed by atoms with van der Waals surface area (Å²) in [7, 11) is 0. The van der Waals surface area contributed by atoms with Crippen molar-refractivity contribution in [2.75, 3.05) is 198 Å². The van der Waals surface area contributed by atoms with Crippen LogP contribution in [0.4, 0.5) is 0 Å². The fourth-order valence-electron chi connectivity index (χ4n) is 4.34. The summed E-state index contributed by atoms with van der Waals surface area (Å²) < 4.78 is 88.4. The molecule has 0 heterocycles. The van der Waals surface area contributed by atoms with Crippen LogP contribution >= 0.6 is 0 Å². The van der Waals surface area contributed by atoms with Crippen LogP contribution in [0.1, 0.15) is 0 Å². The van der Waals surface area contributed by atoms with Gasteiger partial charge in [0, 0.05) is 25.2 Å². The number of ether oxygens (including phenoxy) is 17. The van der Waals surface area contributed by atoms with E-state index in [0.29, 0.717) is 152 Å². The molecular weight excluding hydrogens is 1410 g/mol. The van der Waals surface area contributed by atoms with Crippen LogP contribution in [-0.4, -0.2) is 261 Å². The molecule has 0 aliphatic rings. The largest absolute Gasteiger partial charge is 0.486 e. The summed E-state index contributed by atoms with van der Waals surface area (Å²) in [5.74, 6) is -2.31. The van der Waals surface area contributed by atoms with Crippen molar-refractivity contribution in [3.05, 3.63) is 220 Å². The highest BCUT2D eigenvalue weighted by molar-refractivity contribution is 5.71. The second-order valence-electron chi connectivity index (χ2n) is 14.7. The summed E-state index contributed by atoms with van der Waals surface area (Å²) in [6.07, 6.45) is 6.87. The van der Waals surface area contributed by atoms with Gasteiger partial charge >= 0.3 is 17.9 Å². The molecule has 35 heteroatoms. The smallest absolute Gasteiger partial charge is 0.345 e. The van der Waals surface area contributed by atoms with E-state index < -0.39 is 49.1 Å². The molecule has 0 atom stereocenters. The molecule has 622 valence electrons. The summed E-state index contributed by atoms with van der Waals surface area (Å²) in [5, 5.41) is 68.3. The number of carboxylic acids is 1. The van der Waals surface area contributed by atoms with Crippen LogP contribution in [0.3, 0.4) is 0 Å². The van der Waals surface area contributed by atoms with E-state index in [1.165, 1.54) is 36.5 Å². The van der Waals surface area contributed by atoms with Gasteiger partial charge in [-0.1, -0.05) is 38.5 Å². The van der Waals surface area contributed by atoms with Gasteiger partial charge in [0.2, 0.25) is 0 Å². The minimum atomic E-state index is -1.46. The molecule has 0 saturated carbocycles. The third-order valence-electron chi connectivity index (χ3n) is 8.15. The van der Waals surface area contributed by atoms with E-state index in [2.05, 4.69) is 226 Å². The van der Waals surface area contributed by atoms with Crippen molar-refractivity contribution in [1.29, 1.82) is 0 Å². The van der Waals surface area contributed by atoms with E-state index in [1.807, 2.05) is 0 Å². The Balaban J connectivity index is -0.000000114. The topological polar surface area (TPSA) is 391 Å². The zero-order chi connectivity index (χ0) is 83.7. The van der Waals surface area contributed by atoms with Gasteiger partial charge in [0.15, 0.2) is 19.2 Å². The molecule has 0 aliphatic carbocycles. The van der Waals surface area contributed by atoms with Gasteiger partial charge in [-0.2, -0.15) is 0 Å². The third kappa shape index (κ3) is 150. The van der Waals surface area contributed by atoms with Gasteiger partial charge in [-0.15, -0.1) is 145 Å². The zero-order valence-electron chi connectivity index (χ0n) is 62.5. The maximum absolute atomic E-state index is 11.3. The Hall–Kier alpha value is -7.49. The van der Waals surface area contributed by atoms with Crippen LogP contribution in [0.15, 0.2) is 220 Å². The van der Waals surface area contributed by atoms with Gasteiger partial charge in [-0.3, -0.25) is 0 Å². The SMILES string of the molecule is C=C.C=C.C=C.C=C.C=C.C=C.C=C.C=C.C=C.C=C.C=CC(C=C)OC(=O)CO/C=C/OOOOOOOOOOOCCOCC(=O)OC(C=C)C=C.C=CC(O)C=C.O=C(O)COCCOCCOCCOCCOCCOCCOCCOCCOCCOCCOCCOCCOCC(O)O. The Kier molecular flexibility index (Phi) is 174. The monoisotopic (exact) mass is 1540 g/mol. The van der Waals surface area contributed by atoms with Crippen molar-refractivity contribution in [2.45, 2.75) is 24.6 Å². The lowest BCUT2D eigenvalue weighted by molar-refractivity contribution is -0.853. The van der Waals surface area contributed by atoms with Crippen LogP contribution in [0.2, 0.25) is 0 Å². The maximum atomic E-state index is 11.3. The van der Waals surface area contributed by atoms with E-state index in [0.717, 1.165) is 12.5 Å². The summed E-state index contributed by atoms with van der Waals surface area (Å²) in [4.78, 5) is 41.6. The molecule has 0 aromatic carbocycles. The van der Waals surface area contributed by atoms with Crippen molar-refractivity contribution in [2.24, 2.45) is 0 Å². The van der Waals surface area contributed by atoms with E-state index in [4.69, 9.17) is 101 Å². The number of carboxylic acid groups (broad SMARTS) is 1. The van der Waals surface area contributed by atoms with Gasteiger partial charge < -0.3 is 106 Å². The van der Waals surface area contributed by atoms with Crippen molar-refractivity contribution in [3.63, 3.8) is 0 Å². The van der Waals surface area contributed by atoms with Crippen LogP contribution < -0.4 is 0 Å². The highest BCUT2D eigenvalue weighted by atomic mass is 17.9. The van der Waals surface area contributed by atoms with Crippen LogP contribution in [0.5, 0.6) is 0 Å². The number of aliphatic hydroxyl groups excluding tert-OH is 2. The number of aliphatic carboxylic acids is 1. The summed E-state index contributed by atoms with van der Waals surface area (Å²) in [5.41, 5.74) is 0. The molecule has 0 aromatic rings. The number of aliphatic hydroxyl groups is 3. The summed E-state index contributed by atoms with van der Waals surface area (Å²) in [6.45, 7) is 89.5. The first-order valence-electron chi connectivity index (χ1n) is 31.0. The zero-order valence-corrected chi connectivity index (χ0v) is 62.5. The first-order valence-corrected chi connectivity index (χ1v) is 31.0. The van der Waals surface area contributed by atoms with Gasteiger partial charge in [0.1, 0.15) is 38.3 Å². The molecule has 106 heavy (non-hydrogen) atoms. The molecular formula is C71H128O35.